The Morgan fingerprint density at radius 2 is 2.21 bits per heavy atom. The summed E-state index contributed by atoms with van der Waals surface area (Å²) in [6, 6.07) is 9.22. The van der Waals surface area contributed by atoms with Crippen LogP contribution in [0.25, 0.3) is 0 Å². The van der Waals surface area contributed by atoms with Crippen LogP contribution in [-0.2, 0) is 9.53 Å². The van der Waals surface area contributed by atoms with Gasteiger partial charge < -0.3 is 15.2 Å². The SMILES string of the molecule is CC1(CNC(=O)CC(O)c2ccccc2)CCCO1. The Balaban J connectivity index is 1.78. The van der Waals surface area contributed by atoms with Gasteiger partial charge in [0.15, 0.2) is 0 Å². The van der Waals surface area contributed by atoms with Crippen LogP contribution in [0.2, 0.25) is 0 Å². The highest BCUT2D eigenvalue weighted by molar-refractivity contribution is 5.76. The molecule has 1 aromatic rings. The molecule has 1 saturated heterocycles. The summed E-state index contributed by atoms with van der Waals surface area (Å²) in [5, 5.41) is 12.8. The fraction of sp³-hybridized carbons (Fsp3) is 0.533. The molecule has 2 rings (SSSR count). The molecular weight excluding hydrogens is 242 g/mol. The third-order valence-corrected chi connectivity index (χ3v) is 3.52. The average Bonchev–Trinajstić information content (AvgIpc) is 2.85. The Morgan fingerprint density at radius 3 is 2.84 bits per heavy atom. The van der Waals surface area contributed by atoms with Crippen LogP contribution >= 0.6 is 0 Å². The fourth-order valence-electron chi connectivity index (χ4n) is 2.30. The molecule has 0 saturated carbocycles. The van der Waals surface area contributed by atoms with E-state index in [4.69, 9.17) is 4.74 Å². The zero-order valence-corrected chi connectivity index (χ0v) is 11.3. The number of carbonyl (C=O) groups excluding carboxylic acids is 1. The van der Waals surface area contributed by atoms with Crippen molar-refractivity contribution in [2.24, 2.45) is 0 Å². The van der Waals surface area contributed by atoms with E-state index < -0.39 is 6.10 Å². The number of hydrogen-bond donors (Lipinski definition) is 2. The van der Waals surface area contributed by atoms with E-state index >= 15 is 0 Å². The first-order valence-electron chi connectivity index (χ1n) is 6.73. The van der Waals surface area contributed by atoms with E-state index in [0.717, 1.165) is 25.0 Å². The summed E-state index contributed by atoms with van der Waals surface area (Å²) in [6.45, 7) is 3.28. The van der Waals surface area contributed by atoms with E-state index in [9.17, 15) is 9.90 Å². The predicted octanol–water partition coefficient (Wildman–Crippen LogP) is 1.80. The number of benzene rings is 1. The van der Waals surface area contributed by atoms with Crippen LogP contribution in [0.5, 0.6) is 0 Å². The molecule has 0 aliphatic carbocycles. The molecular formula is C15H21NO3. The second kappa shape index (κ2) is 6.17. The standard InChI is InChI=1S/C15H21NO3/c1-15(8-5-9-19-15)11-16-14(18)10-13(17)12-6-3-2-4-7-12/h2-4,6-7,13,17H,5,8-11H2,1H3,(H,16,18). The lowest BCUT2D eigenvalue weighted by molar-refractivity contribution is -0.124. The van der Waals surface area contributed by atoms with Gasteiger partial charge in [0.2, 0.25) is 5.91 Å². The number of aliphatic hydroxyl groups is 1. The summed E-state index contributed by atoms with van der Waals surface area (Å²) >= 11 is 0. The van der Waals surface area contributed by atoms with Crippen LogP contribution in [0.15, 0.2) is 30.3 Å². The molecule has 0 spiro atoms. The van der Waals surface area contributed by atoms with E-state index in [1.54, 1.807) is 0 Å². The molecule has 1 aromatic carbocycles. The second-order valence-corrected chi connectivity index (χ2v) is 5.31. The summed E-state index contributed by atoms with van der Waals surface area (Å²) in [5.74, 6) is -0.145. The molecule has 1 aliphatic rings. The molecule has 0 radical (unpaired) electrons. The van der Waals surface area contributed by atoms with Gasteiger partial charge in [0.05, 0.1) is 18.1 Å². The van der Waals surface area contributed by atoms with Gasteiger partial charge in [-0.2, -0.15) is 0 Å². The van der Waals surface area contributed by atoms with Gasteiger partial charge in [-0.1, -0.05) is 30.3 Å². The molecule has 4 nitrogen and oxygen atoms in total. The van der Waals surface area contributed by atoms with Gasteiger partial charge in [-0.05, 0) is 25.3 Å². The molecule has 104 valence electrons. The first-order chi connectivity index (χ1) is 9.09. The number of ether oxygens (including phenoxy) is 1. The van der Waals surface area contributed by atoms with Crippen LogP contribution < -0.4 is 5.32 Å². The van der Waals surface area contributed by atoms with Crippen molar-refractivity contribution in [2.75, 3.05) is 13.2 Å². The van der Waals surface area contributed by atoms with E-state index in [2.05, 4.69) is 5.32 Å². The van der Waals surface area contributed by atoms with Crippen LogP contribution in [0.4, 0.5) is 0 Å². The zero-order chi connectivity index (χ0) is 13.7. The molecule has 1 aliphatic heterocycles. The molecule has 1 amide bonds. The van der Waals surface area contributed by atoms with Gasteiger partial charge in [0.25, 0.3) is 0 Å². The van der Waals surface area contributed by atoms with Crippen molar-refractivity contribution in [1.82, 2.24) is 5.32 Å². The highest BCUT2D eigenvalue weighted by Crippen LogP contribution is 2.24. The lowest BCUT2D eigenvalue weighted by Crippen LogP contribution is -2.40. The smallest absolute Gasteiger partial charge is 0.223 e. The summed E-state index contributed by atoms with van der Waals surface area (Å²) in [6.07, 6.45) is 1.34. The van der Waals surface area contributed by atoms with Crippen LogP contribution in [-0.4, -0.2) is 29.8 Å². The minimum absolute atomic E-state index is 0.0834. The Labute approximate surface area is 113 Å². The van der Waals surface area contributed by atoms with Gasteiger partial charge in [-0.25, -0.2) is 0 Å². The van der Waals surface area contributed by atoms with E-state index in [1.807, 2.05) is 37.3 Å². The molecule has 1 fully saturated rings. The Bertz CT molecular complexity index is 413. The monoisotopic (exact) mass is 263 g/mol. The highest BCUT2D eigenvalue weighted by atomic mass is 16.5. The molecule has 4 heteroatoms. The second-order valence-electron chi connectivity index (χ2n) is 5.31. The average molecular weight is 263 g/mol. The normalized spacial score (nSPS) is 24.1. The molecule has 2 N–H and O–H groups in total. The quantitative estimate of drug-likeness (QED) is 0.851. The van der Waals surface area contributed by atoms with Crippen molar-refractivity contribution < 1.29 is 14.6 Å². The Morgan fingerprint density at radius 1 is 1.47 bits per heavy atom. The van der Waals surface area contributed by atoms with Crippen LogP contribution in [0.1, 0.15) is 37.9 Å². The largest absolute Gasteiger partial charge is 0.388 e. The Hall–Kier alpha value is -1.39. The maximum atomic E-state index is 11.8. The highest BCUT2D eigenvalue weighted by Gasteiger charge is 2.30. The fourth-order valence-corrected chi connectivity index (χ4v) is 2.30. The molecule has 0 aromatic heterocycles. The molecule has 2 atom stereocenters. The van der Waals surface area contributed by atoms with Gasteiger partial charge in [0, 0.05) is 13.2 Å². The lowest BCUT2D eigenvalue weighted by atomic mass is 10.0. The summed E-state index contributed by atoms with van der Waals surface area (Å²) in [4.78, 5) is 11.8. The first kappa shape index (κ1) is 14.0. The van der Waals surface area contributed by atoms with Crippen molar-refractivity contribution in [3.8, 4) is 0 Å². The Kier molecular flexibility index (Phi) is 4.56. The maximum Gasteiger partial charge on any atom is 0.223 e. The predicted molar refractivity (Wildman–Crippen MR) is 72.6 cm³/mol. The van der Waals surface area contributed by atoms with Gasteiger partial charge >= 0.3 is 0 Å². The molecule has 2 unspecified atom stereocenters. The van der Waals surface area contributed by atoms with Gasteiger partial charge in [-0.15, -0.1) is 0 Å². The maximum absolute atomic E-state index is 11.8. The van der Waals surface area contributed by atoms with Crippen molar-refractivity contribution in [2.45, 2.75) is 37.9 Å². The summed E-state index contributed by atoms with van der Waals surface area (Å²) in [5.41, 5.74) is 0.522. The van der Waals surface area contributed by atoms with Crippen molar-refractivity contribution in [3.63, 3.8) is 0 Å². The lowest BCUT2D eigenvalue weighted by Gasteiger charge is -2.23. The number of rotatable bonds is 5. The van der Waals surface area contributed by atoms with Crippen molar-refractivity contribution >= 4 is 5.91 Å². The third-order valence-electron chi connectivity index (χ3n) is 3.52. The van der Waals surface area contributed by atoms with Crippen molar-refractivity contribution in [1.29, 1.82) is 0 Å². The van der Waals surface area contributed by atoms with Gasteiger partial charge in [0.1, 0.15) is 0 Å². The van der Waals surface area contributed by atoms with E-state index in [-0.39, 0.29) is 17.9 Å². The summed E-state index contributed by atoms with van der Waals surface area (Å²) in [7, 11) is 0. The number of carbonyl (C=O) groups is 1. The van der Waals surface area contributed by atoms with E-state index in [0.29, 0.717) is 6.54 Å². The van der Waals surface area contributed by atoms with Gasteiger partial charge in [-0.3, -0.25) is 4.79 Å². The number of nitrogens with one attached hydrogen (secondary N) is 1. The summed E-state index contributed by atoms with van der Waals surface area (Å²) < 4.78 is 5.60. The van der Waals surface area contributed by atoms with Crippen LogP contribution in [0, 0.1) is 0 Å². The third kappa shape index (κ3) is 4.04. The topological polar surface area (TPSA) is 58.6 Å². The number of aliphatic hydroxyl groups excluding tert-OH is 1. The number of amides is 1. The molecule has 19 heavy (non-hydrogen) atoms. The van der Waals surface area contributed by atoms with Crippen molar-refractivity contribution in [3.05, 3.63) is 35.9 Å². The van der Waals surface area contributed by atoms with E-state index in [1.165, 1.54) is 0 Å². The zero-order valence-electron chi connectivity index (χ0n) is 11.3. The molecule has 0 bridgehead atoms. The number of hydrogen-bond acceptors (Lipinski definition) is 3. The first-order valence-corrected chi connectivity index (χ1v) is 6.73. The van der Waals surface area contributed by atoms with Crippen LogP contribution in [0.3, 0.4) is 0 Å². The minimum atomic E-state index is -0.751. The molecule has 1 heterocycles. The minimum Gasteiger partial charge on any atom is -0.388 e.